The fraction of sp³-hybridized carbons (Fsp3) is 0.400. The summed E-state index contributed by atoms with van der Waals surface area (Å²) in [6.45, 7) is 2.79. The van der Waals surface area contributed by atoms with E-state index in [0.29, 0.717) is 18.7 Å². The number of thioether (sulfide) groups is 1. The van der Waals surface area contributed by atoms with E-state index in [0.717, 1.165) is 17.5 Å². The molecule has 0 fully saturated rings. The van der Waals surface area contributed by atoms with Crippen LogP contribution in [0.15, 0.2) is 48.5 Å². The number of aliphatic carboxylic acids is 1. The number of benzene rings is 2. The van der Waals surface area contributed by atoms with Crippen LogP contribution in [0.4, 0.5) is 4.79 Å². The third kappa shape index (κ3) is 6.74. The van der Waals surface area contributed by atoms with Crippen LogP contribution in [0.2, 0.25) is 0 Å². The molecule has 1 unspecified atom stereocenters. The highest BCUT2D eigenvalue weighted by molar-refractivity contribution is 7.99. The van der Waals surface area contributed by atoms with Crippen LogP contribution in [0.1, 0.15) is 36.8 Å². The molecule has 0 aromatic heterocycles. The molecule has 1 aliphatic carbocycles. The molecule has 3 N–H and O–H groups in total. The molecule has 2 aromatic rings. The summed E-state index contributed by atoms with van der Waals surface area (Å²) in [6.07, 6.45) is 0.901. The van der Waals surface area contributed by atoms with E-state index < -0.39 is 12.1 Å². The van der Waals surface area contributed by atoms with Crippen molar-refractivity contribution < 1.29 is 24.2 Å². The van der Waals surface area contributed by atoms with Crippen LogP contribution in [0, 0.1) is 5.92 Å². The summed E-state index contributed by atoms with van der Waals surface area (Å²) >= 11 is 1.25. The Morgan fingerprint density at radius 1 is 1.03 bits per heavy atom. The van der Waals surface area contributed by atoms with Crippen molar-refractivity contribution in [2.24, 2.45) is 5.92 Å². The van der Waals surface area contributed by atoms with Crippen LogP contribution in [0.25, 0.3) is 11.1 Å². The molecular weight excluding hydrogens is 440 g/mol. The Morgan fingerprint density at radius 3 is 2.27 bits per heavy atom. The molecule has 0 heterocycles. The number of nitrogens with one attached hydrogen (secondary N) is 2. The van der Waals surface area contributed by atoms with Gasteiger partial charge in [0, 0.05) is 24.8 Å². The van der Waals surface area contributed by atoms with Crippen molar-refractivity contribution in [3.05, 3.63) is 59.7 Å². The minimum atomic E-state index is -0.873. The SMILES string of the molecule is CCCC(CNC(=O)OCC1c2ccccc2-c2ccccc21)C(=O)NCCSCC(=O)O. The van der Waals surface area contributed by atoms with Gasteiger partial charge in [0.2, 0.25) is 5.91 Å². The highest BCUT2D eigenvalue weighted by Crippen LogP contribution is 2.44. The highest BCUT2D eigenvalue weighted by atomic mass is 32.2. The monoisotopic (exact) mass is 470 g/mol. The average Bonchev–Trinajstić information content (AvgIpc) is 3.13. The van der Waals surface area contributed by atoms with Crippen molar-refractivity contribution in [3.63, 3.8) is 0 Å². The minimum Gasteiger partial charge on any atom is -0.481 e. The van der Waals surface area contributed by atoms with E-state index in [1.54, 1.807) is 0 Å². The lowest BCUT2D eigenvalue weighted by atomic mass is 9.98. The zero-order valence-electron chi connectivity index (χ0n) is 18.7. The smallest absolute Gasteiger partial charge is 0.407 e. The molecule has 0 saturated heterocycles. The molecule has 3 rings (SSSR count). The Balaban J connectivity index is 1.48. The molecule has 0 aliphatic heterocycles. The van der Waals surface area contributed by atoms with Gasteiger partial charge in [-0.05, 0) is 28.7 Å². The number of alkyl carbamates (subject to hydrolysis) is 1. The molecule has 33 heavy (non-hydrogen) atoms. The number of hydrogen-bond donors (Lipinski definition) is 3. The summed E-state index contributed by atoms with van der Waals surface area (Å²) < 4.78 is 5.54. The Hall–Kier alpha value is -3.00. The topological polar surface area (TPSA) is 105 Å². The van der Waals surface area contributed by atoms with Gasteiger partial charge in [0.15, 0.2) is 0 Å². The van der Waals surface area contributed by atoms with Crippen LogP contribution in [0.3, 0.4) is 0 Å². The second-order valence-corrected chi connectivity index (χ2v) is 9.03. The van der Waals surface area contributed by atoms with Gasteiger partial charge in [0.05, 0.1) is 11.7 Å². The fourth-order valence-corrected chi connectivity index (χ4v) is 4.65. The first-order chi connectivity index (χ1) is 16.0. The van der Waals surface area contributed by atoms with Crippen molar-refractivity contribution in [1.82, 2.24) is 10.6 Å². The predicted molar refractivity (Wildman–Crippen MR) is 129 cm³/mol. The minimum absolute atomic E-state index is 0.0115. The van der Waals surface area contributed by atoms with E-state index >= 15 is 0 Å². The van der Waals surface area contributed by atoms with E-state index in [4.69, 9.17) is 9.84 Å². The summed E-state index contributed by atoms with van der Waals surface area (Å²) in [5.74, 6) is -0.857. The van der Waals surface area contributed by atoms with Gasteiger partial charge < -0.3 is 20.5 Å². The van der Waals surface area contributed by atoms with Gasteiger partial charge in [-0.3, -0.25) is 9.59 Å². The summed E-state index contributed by atoms with van der Waals surface area (Å²) in [5.41, 5.74) is 4.64. The first-order valence-corrected chi connectivity index (χ1v) is 12.3. The molecule has 2 aromatic carbocycles. The maximum absolute atomic E-state index is 12.5. The molecule has 0 spiro atoms. The Kier molecular flexibility index (Phi) is 9.18. The number of carboxylic acid groups (broad SMARTS) is 1. The molecule has 0 radical (unpaired) electrons. The van der Waals surface area contributed by atoms with Crippen molar-refractivity contribution in [3.8, 4) is 11.1 Å². The van der Waals surface area contributed by atoms with Crippen LogP contribution in [0.5, 0.6) is 0 Å². The lowest BCUT2D eigenvalue weighted by Crippen LogP contribution is -2.40. The van der Waals surface area contributed by atoms with Crippen LogP contribution in [-0.4, -0.2) is 54.3 Å². The van der Waals surface area contributed by atoms with Gasteiger partial charge in [-0.1, -0.05) is 61.9 Å². The number of carbonyl (C=O) groups is 3. The standard InChI is InChI=1S/C25H30N2O5S/c1-2-7-17(24(30)26-12-13-33-16-23(28)29)14-27-25(31)32-15-22-20-10-5-3-8-18(20)19-9-4-6-11-21(19)22/h3-6,8-11,17,22H,2,7,12-16H2,1H3,(H,26,30)(H,27,31)(H,28,29). The summed E-state index contributed by atoms with van der Waals surface area (Å²) in [6, 6.07) is 16.3. The molecule has 8 heteroatoms. The molecule has 0 saturated carbocycles. The summed E-state index contributed by atoms with van der Waals surface area (Å²) in [7, 11) is 0. The van der Waals surface area contributed by atoms with Gasteiger partial charge in [-0.25, -0.2) is 4.79 Å². The van der Waals surface area contributed by atoms with E-state index in [1.165, 1.54) is 22.9 Å². The fourth-order valence-electron chi connectivity index (χ4n) is 4.08. The van der Waals surface area contributed by atoms with Gasteiger partial charge in [0.1, 0.15) is 6.61 Å². The zero-order chi connectivity index (χ0) is 23.6. The molecular formula is C25H30N2O5S. The quantitative estimate of drug-likeness (QED) is 0.407. The van der Waals surface area contributed by atoms with E-state index in [9.17, 15) is 14.4 Å². The highest BCUT2D eigenvalue weighted by Gasteiger charge is 2.29. The van der Waals surface area contributed by atoms with Crippen molar-refractivity contribution in [2.45, 2.75) is 25.7 Å². The number of carboxylic acids is 1. The number of amides is 2. The van der Waals surface area contributed by atoms with Gasteiger partial charge in [-0.15, -0.1) is 11.8 Å². The number of ether oxygens (including phenoxy) is 1. The van der Waals surface area contributed by atoms with Crippen molar-refractivity contribution >= 4 is 29.7 Å². The number of carbonyl (C=O) groups excluding carboxylic acids is 2. The Morgan fingerprint density at radius 2 is 1.67 bits per heavy atom. The molecule has 2 amide bonds. The molecule has 0 bridgehead atoms. The molecule has 1 aliphatic rings. The molecule has 176 valence electrons. The normalized spacial score (nSPS) is 13.0. The maximum Gasteiger partial charge on any atom is 0.407 e. The number of rotatable bonds is 12. The zero-order valence-corrected chi connectivity index (χ0v) is 19.5. The predicted octanol–water partition coefficient (Wildman–Crippen LogP) is 3.88. The van der Waals surface area contributed by atoms with Gasteiger partial charge in [0.25, 0.3) is 0 Å². The maximum atomic E-state index is 12.5. The van der Waals surface area contributed by atoms with Gasteiger partial charge >= 0.3 is 12.1 Å². The Bertz CT molecular complexity index is 935. The number of hydrogen-bond acceptors (Lipinski definition) is 5. The van der Waals surface area contributed by atoms with Crippen LogP contribution in [-0.2, 0) is 14.3 Å². The van der Waals surface area contributed by atoms with Crippen LogP contribution >= 0.6 is 11.8 Å². The van der Waals surface area contributed by atoms with Gasteiger partial charge in [-0.2, -0.15) is 0 Å². The first kappa shape index (κ1) is 24.6. The third-order valence-electron chi connectivity index (χ3n) is 5.62. The van der Waals surface area contributed by atoms with Crippen LogP contribution < -0.4 is 10.6 Å². The lowest BCUT2D eigenvalue weighted by molar-refractivity contribution is -0.134. The van der Waals surface area contributed by atoms with E-state index in [1.807, 2.05) is 31.2 Å². The molecule has 1 atom stereocenters. The second-order valence-electron chi connectivity index (χ2n) is 7.93. The van der Waals surface area contributed by atoms with Crippen molar-refractivity contribution in [1.29, 1.82) is 0 Å². The summed E-state index contributed by atoms with van der Waals surface area (Å²) in [5, 5.41) is 14.2. The second kappa shape index (κ2) is 12.3. The first-order valence-electron chi connectivity index (χ1n) is 11.2. The molecule has 7 nitrogen and oxygen atoms in total. The summed E-state index contributed by atoms with van der Waals surface area (Å²) in [4.78, 5) is 35.4. The Labute approximate surface area is 198 Å². The van der Waals surface area contributed by atoms with E-state index in [2.05, 4.69) is 34.9 Å². The lowest BCUT2D eigenvalue weighted by Gasteiger charge is -2.18. The average molecular weight is 471 g/mol. The third-order valence-corrected chi connectivity index (χ3v) is 6.56. The largest absolute Gasteiger partial charge is 0.481 e. The number of fused-ring (bicyclic) bond motifs is 3. The van der Waals surface area contributed by atoms with Crippen molar-refractivity contribution in [2.75, 3.05) is 31.2 Å². The van der Waals surface area contributed by atoms with E-state index in [-0.39, 0.29) is 36.6 Å².